The molecule has 1 aromatic heterocycles. The summed E-state index contributed by atoms with van der Waals surface area (Å²) in [4.78, 5) is 23.3. The van der Waals surface area contributed by atoms with E-state index in [1.807, 2.05) is 12.1 Å². The van der Waals surface area contributed by atoms with Gasteiger partial charge < -0.3 is 30.9 Å². The summed E-state index contributed by atoms with van der Waals surface area (Å²) in [6, 6.07) is 11.5. The number of anilines is 4. The average molecular weight is 466 g/mol. The fraction of sp³-hybridized carbons (Fsp3) is 0.375. The van der Waals surface area contributed by atoms with Gasteiger partial charge in [0.15, 0.2) is 35.1 Å². The molecular formula is C24H28FN7O2. The van der Waals surface area contributed by atoms with E-state index in [-0.39, 0.29) is 17.6 Å². The predicted octanol–water partition coefficient (Wildman–Crippen LogP) is 3.80. The first-order valence-corrected chi connectivity index (χ1v) is 11.5. The molecule has 34 heavy (non-hydrogen) atoms. The summed E-state index contributed by atoms with van der Waals surface area (Å²) < 4.78 is 20.1. The van der Waals surface area contributed by atoms with E-state index in [9.17, 15) is 9.18 Å². The monoisotopic (exact) mass is 465 g/mol. The maximum Gasteiger partial charge on any atom is 0.269 e. The highest BCUT2D eigenvalue weighted by molar-refractivity contribution is 6.07. The molecular weight excluding hydrogens is 437 g/mol. The molecule has 1 atom stereocenters. The molecule has 1 saturated heterocycles. The number of nitrogens with zero attached hydrogens (tertiary/aromatic N) is 3. The Morgan fingerprint density at radius 2 is 1.88 bits per heavy atom. The molecule has 4 heterocycles. The summed E-state index contributed by atoms with van der Waals surface area (Å²) in [5.74, 6) is 0.223. The lowest BCUT2D eigenvalue weighted by Gasteiger charge is -2.31. The molecule has 2 aromatic rings. The number of benzene rings is 1. The summed E-state index contributed by atoms with van der Waals surface area (Å²) in [5.41, 5.74) is 1.09. The Morgan fingerprint density at radius 3 is 2.65 bits per heavy atom. The van der Waals surface area contributed by atoms with Crippen molar-refractivity contribution in [3.05, 3.63) is 48.4 Å². The van der Waals surface area contributed by atoms with E-state index in [1.54, 1.807) is 26.0 Å². The minimum atomic E-state index is -0.984. The van der Waals surface area contributed by atoms with Crippen LogP contribution in [0.1, 0.15) is 33.1 Å². The van der Waals surface area contributed by atoms with Gasteiger partial charge in [-0.15, -0.1) is 0 Å². The van der Waals surface area contributed by atoms with E-state index in [0.717, 1.165) is 18.8 Å². The van der Waals surface area contributed by atoms with Crippen LogP contribution >= 0.6 is 0 Å². The molecule has 178 valence electrons. The van der Waals surface area contributed by atoms with Crippen molar-refractivity contribution >= 4 is 34.8 Å². The smallest absolute Gasteiger partial charge is 0.269 e. The Balaban J connectivity index is 1.26. The van der Waals surface area contributed by atoms with Crippen LogP contribution in [0.5, 0.6) is 5.75 Å². The lowest BCUT2D eigenvalue weighted by atomic mass is 10.1. The number of halogens is 1. The van der Waals surface area contributed by atoms with E-state index >= 15 is 0 Å². The zero-order chi connectivity index (χ0) is 23.7. The predicted molar refractivity (Wildman–Crippen MR) is 131 cm³/mol. The van der Waals surface area contributed by atoms with E-state index in [4.69, 9.17) is 4.74 Å². The van der Waals surface area contributed by atoms with Gasteiger partial charge in [0.1, 0.15) is 5.82 Å². The number of pyridine rings is 1. The lowest BCUT2D eigenvalue weighted by Crippen LogP contribution is -2.46. The maximum atomic E-state index is 14.5. The maximum absolute atomic E-state index is 14.5. The van der Waals surface area contributed by atoms with Gasteiger partial charge in [0.2, 0.25) is 0 Å². The fourth-order valence-corrected chi connectivity index (χ4v) is 4.08. The van der Waals surface area contributed by atoms with Crippen molar-refractivity contribution in [2.75, 3.05) is 33.9 Å². The highest BCUT2D eigenvalue weighted by atomic mass is 19.1. The number of aromatic nitrogens is 1. The van der Waals surface area contributed by atoms with Crippen molar-refractivity contribution in [3.8, 4) is 5.75 Å². The first-order valence-electron chi connectivity index (χ1n) is 11.5. The molecule has 3 aliphatic heterocycles. The summed E-state index contributed by atoms with van der Waals surface area (Å²) >= 11 is 0. The largest absolute Gasteiger partial charge is 0.474 e. The van der Waals surface area contributed by atoms with Gasteiger partial charge in [0.25, 0.3) is 5.91 Å². The van der Waals surface area contributed by atoms with Crippen LogP contribution in [-0.4, -0.2) is 41.7 Å². The zero-order valence-electron chi connectivity index (χ0n) is 19.2. The van der Waals surface area contributed by atoms with Crippen LogP contribution in [0.3, 0.4) is 0 Å². The second-order valence-corrected chi connectivity index (χ2v) is 9.01. The van der Waals surface area contributed by atoms with Crippen LogP contribution in [0.4, 0.5) is 27.4 Å². The number of nitrogens with one attached hydrogen (secondary N) is 4. The molecule has 1 fully saturated rings. The Kier molecular flexibility index (Phi) is 5.72. The van der Waals surface area contributed by atoms with Crippen molar-refractivity contribution in [2.24, 2.45) is 4.99 Å². The SMILES string of the molecule is CC1(C)Oc2ccc(NC3=NC(Nc4ccc(N5CCCCC5)cc4)NC=C3F)nc2NC1=O. The van der Waals surface area contributed by atoms with E-state index < -0.39 is 17.7 Å². The van der Waals surface area contributed by atoms with Crippen molar-refractivity contribution < 1.29 is 13.9 Å². The van der Waals surface area contributed by atoms with E-state index in [0.29, 0.717) is 11.6 Å². The number of hydrogen-bond donors (Lipinski definition) is 4. The average Bonchev–Trinajstić information content (AvgIpc) is 2.83. The molecule has 0 aliphatic carbocycles. The van der Waals surface area contributed by atoms with Crippen LogP contribution in [0.15, 0.2) is 53.4 Å². The van der Waals surface area contributed by atoms with Gasteiger partial charge >= 0.3 is 0 Å². The fourth-order valence-electron chi connectivity index (χ4n) is 4.08. The topological polar surface area (TPSA) is 103 Å². The zero-order valence-corrected chi connectivity index (χ0v) is 19.2. The van der Waals surface area contributed by atoms with Crippen LogP contribution < -0.4 is 30.9 Å². The first kappa shape index (κ1) is 22.0. The Bertz CT molecular complexity index is 1140. The van der Waals surface area contributed by atoms with Crippen molar-refractivity contribution in [1.29, 1.82) is 0 Å². The Labute approximate surface area is 197 Å². The third-order valence-corrected chi connectivity index (χ3v) is 5.99. The number of ether oxygens (including phenoxy) is 1. The molecule has 4 N–H and O–H groups in total. The third-order valence-electron chi connectivity index (χ3n) is 5.99. The Morgan fingerprint density at radius 1 is 1.12 bits per heavy atom. The van der Waals surface area contributed by atoms with Crippen molar-refractivity contribution in [1.82, 2.24) is 10.3 Å². The summed E-state index contributed by atoms with van der Waals surface area (Å²) in [6.07, 6.45) is 4.43. The molecule has 1 unspecified atom stereocenters. The van der Waals surface area contributed by atoms with Crippen molar-refractivity contribution in [3.63, 3.8) is 0 Å². The molecule has 1 aromatic carbocycles. The first-order chi connectivity index (χ1) is 16.4. The molecule has 0 radical (unpaired) electrons. The molecule has 1 amide bonds. The van der Waals surface area contributed by atoms with Crippen molar-refractivity contribution in [2.45, 2.75) is 45.0 Å². The number of amides is 1. The number of amidine groups is 1. The number of aliphatic imine (C=N–C) groups is 1. The molecule has 3 aliphatic rings. The molecule has 10 heteroatoms. The number of piperidine rings is 1. The number of carbonyl (C=O) groups excluding carboxylic acids is 1. The highest BCUT2D eigenvalue weighted by Crippen LogP contribution is 2.33. The van der Waals surface area contributed by atoms with Gasteiger partial charge in [-0.2, -0.15) is 0 Å². The highest BCUT2D eigenvalue weighted by Gasteiger charge is 2.36. The number of carbonyl (C=O) groups is 1. The van der Waals surface area contributed by atoms with Gasteiger partial charge in [-0.1, -0.05) is 0 Å². The minimum absolute atomic E-state index is 0.0250. The van der Waals surface area contributed by atoms with E-state index in [2.05, 4.69) is 48.3 Å². The molecule has 0 spiro atoms. The van der Waals surface area contributed by atoms with Crippen LogP contribution in [0.25, 0.3) is 0 Å². The van der Waals surface area contributed by atoms with Crippen LogP contribution in [-0.2, 0) is 4.79 Å². The van der Waals surface area contributed by atoms with Gasteiger partial charge in [-0.25, -0.2) is 14.4 Å². The second-order valence-electron chi connectivity index (χ2n) is 9.01. The quantitative estimate of drug-likeness (QED) is 0.545. The molecule has 0 saturated carbocycles. The van der Waals surface area contributed by atoms with Gasteiger partial charge in [-0.3, -0.25) is 4.79 Å². The number of fused-ring (bicyclic) bond motifs is 1. The van der Waals surface area contributed by atoms with E-state index in [1.165, 1.54) is 31.1 Å². The molecule has 5 rings (SSSR count). The molecule has 0 bridgehead atoms. The van der Waals surface area contributed by atoms with Gasteiger partial charge in [-0.05, 0) is 69.5 Å². The third kappa shape index (κ3) is 4.61. The minimum Gasteiger partial charge on any atom is -0.474 e. The van der Waals surface area contributed by atoms with Gasteiger partial charge in [0, 0.05) is 30.7 Å². The standard InChI is InChI=1S/C24H28FN7O2/c1-24(2)22(33)30-21-18(34-24)10-11-19(29-21)28-20-17(25)14-26-23(31-20)27-15-6-8-16(9-7-15)32-12-4-3-5-13-32/h6-11,14,23,26-27H,3-5,12-13H2,1-2H3,(H2,28,29,30,31,33). The van der Waals surface area contributed by atoms with Crippen LogP contribution in [0.2, 0.25) is 0 Å². The lowest BCUT2D eigenvalue weighted by molar-refractivity contribution is -0.129. The Hall–Kier alpha value is -3.82. The number of hydrogen-bond acceptors (Lipinski definition) is 8. The number of rotatable bonds is 4. The van der Waals surface area contributed by atoms with Gasteiger partial charge in [0.05, 0.1) is 0 Å². The van der Waals surface area contributed by atoms with Crippen LogP contribution in [0, 0.1) is 0 Å². The molecule has 9 nitrogen and oxygen atoms in total. The summed E-state index contributed by atoms with van der Waals surface area (Å²) in [5, 5.41) is 11.7. The second kappa shape index (κ2) is 8.85. The normalized spacial score (nSPS) is 21.2. The summed E-state index contributed by atoms with van der Waals surface area (Å²) in [7, 11) is 0. The summed E-state index contributed by atoms with van der Waals surface area (Å²) in [6.45, 7) is 5.53.